The molecule has 0 aromatic rings. The van der Waals surface area contributed by atoms with E-state index in [-0.39, 0.29) is 23.0 Å². The van der Waals surface area contributed by atoms with Crippen LogP contribution in [-0.2, 0) is 9.53 Å². The number of epoxide rings is 1. The Kier molecular flexibility index (Phi) is 1.83. The summed E-state index contributed by atoms with van der Waals surface area (Å²) in [4.78, 5) is 11.5. The number of hydrogen-bond acceptors (Lipinski definition) is 3. The molecule has 3 aliphatic carbocycles. The Morgan fingerprint density at radius 2 is 2.05 bits per heavy atom. The molecule has 4 aliphatic rings. The number of ether oxygens (including phenoxy) is 1. The summed E-state index contributed by atoms with van der Waals surface area (Å²) in [7, 11) is 0. The second-order valence-electron chi connectivity index (χ2n) is 7.45. The molecule has 1 spiro atoms. The third-order valence-corrected chi connectivity index (χ3v) is 6.71. The molecule has 0 aromatic carbocycles. The van der Waals surface area contributed by atoms with Crippen molar-refractivity contribution in [3.05, 3.63) is 12.2 Å². The largest absolute Gasteiger partial charge is 0.481 e. The average Bonchev–Trinajstić information content (AvgIpc) is 2.85. The lowest BCUT2D eigenvalue weighted by molar-refractivity contribution is -0.148. The highest BCUT2D eigenvalue weighted by atomic mass is 16.6. The van der Waals surface area contributed by atoms with E-state index < -0.39 is 17.5 Å². The van der Waals surface area contributed by atoms with Gasteiger partial charge in [-0.2, -0.15) is 0 Å². The molecule has 0 amide bonds. The number of carboxylic acids is 1. The minimum Gasteiger partial charge on any atom is -0.481 e. The Morgan fingerprint density at radius 3 is 2.68 bits per heavy atom. The van der Waals surface area contributed by atoms with E-state index in [0.29, 0.717) is 12.3 Å². The van der Waals surface area contributed by atoms with Gasteiger partial charge in [-0.3, -0.25) is 4.79 Å². The number of carboxylic acid groups (broad SMARTS) is 1. The fourth-order valence-corrected chi connectivity index (χ4v) is 5.53. The van der Waals surface area contributed by atoms with Gasteiger partial charge >= 0.3 is 5.97 Å². The highest BCUT2D eigenvalue weighted by Crippen LogP contribution is 2.77. The quantitative estimate of drug-likeness (QED) is 0.557. The minimum atomic E-state index is -0.697. The van der Waals surface area contributed by atoms with Crippen LogP contribution in [0, 0.1) is 22.7 Å². The van der Waals surface area contributed by atoms with Gasteiger partial charge < -0.3 is 14.9 Å². The van der Waals surface area contributed by atoms with Crippen molar-refractivity contribution in [3.63, 3.8) is 0 Å². The molecule has 7 atom stereocenters. The summed E-state index contributed by atoms with van der Waals surface area (Å²) in [6, 6.07) is 0. The van der Waals surface area contributed by atoms with Crippen molar-refractivity contribution in [2.75, 3.05) is 0 Å². The molecule has 4 fully saturated rings. The molecule has 1 saturated heterocycles. The minimum absolute atomic E-state index is 0.0910. The SMILES string of the molecule is C=C1[C@@H](O)C2O[C@]23CC2C[C@](C)(C(=O)O)CC2[C@]13C. The van der Waals surface area contributed by atoms with Gasteiger partial charge in [0.25, 0.3) is 0 Å². The van der Waals surface area contributed by atoms with Gasteiger partial charge in [0, 0.05) is 5.41 Å². The molecule has 104 valence electrons. The number of hydrogen-bond donors (Lipinski definition) is 2. The highest BCUT2D eigenvalue weighted by molar-refractivity contribution is 5.75. The van der Waals surface area contributed by atoms with E-state index >= 15 is 0 Å². The van der Waals surface area contributed by atoms with Crippen molar-refractivity contribution in [2.24, 2.45) is 22.7 Å². The smallest absolute Gasteiger partial charge is 0.309 e. The van der Waals surface area contributed by atoms with Crippen LogP contribution in [0.25, 0.3) is 0 Å². The van der Waals surface area contributed by atoms with Crippen molar-refractivity contribution < 1.29 is 19.7 Å². The molecule has 1 heterocycles. The molecule has 19 heavy (non-hydrogen) atoms. The molecular formula is C15H20O4. The van der Waals surface area contributed by atoms with Crippen LogP contribution in [0.4, 0.5) is 0 Å². The summed E-state index contributed by atoms with van der Waals surface area (Å²) in [5.74, 6) is -0.0272. The van der Waals surface area contributed by atoms with E-state index in [9.17, 15) is 15.0 Å². The monoisotopic (exact) mass is 264 g/mol. The van der Waals surface area contributed by atoms with E-state index in [2.05, 4.69) is 13.5 Å². The lowest BCUT2D eigenvalue weighted by atomic mass is 9.69. The fourth-order valence-electron chi connectivity index (χ4n) is 5.53. The Hall–Kier alpha value is -0.870. The standard InChI is InChI=1S/C15H20O4/c1-7-10(16)11-15(19-11)5-8-4-13(2,12(17)18)6-9(8)14(7,15)3/h8-11,16H,1,4-6H2,2-3H3,(H,17,18)/t8?,9?,10-,11?,13+,14+,15-/m1/s1. The molecule has 0 radical (unpaired) electrons. The molecule has 4 heteroatoms. The van der Waals surface area contributed by atoms with Crippen molar-refractivity contribution in [3.8, 4) is 0 Å². The summed E-state index contributed by atoms with van der Waals surface area (Å²) in [5, 5.41) is 19.6. The molecule has 3 saturated carbocycles. The normalized spacial score (nSPS) is 61.7. The van der Waals surface area contributed by atoms with Crippen LogP contribution in [0.15, 0.2) is 12.2 Å². The number of aliphatic hydroxyl groups is 1. The summed E-state index contributed by atoms with van der Waals surface area (Å²) >= 11 is 0. The van der Waals surface area contributed by atoms with Crippen molar-refractivity contribution in [1.29, 1.82) is 0 Å². The van der Waals surface area contributed by atoms with Gasteiger partial charge in [-0.1, -0.05) is 13.5 Å². The Labute approximate surface area is 112 Å². The lowest BCUT2D eigenvalue weighted by Gasteiger charge is -2.35. The number of aliphatic hydroxyl groups excluding tert-OH is 1. The molecule has 4 rings (SSSR count). The maximum Gasteiger partial charge on any atom is 0.309 e. The first-order valence-corrected chi connectivity index (χ1v) is 7.05. The summed E-state index contributed by atoms with van der Waals surface area (Å²) < 4.78 is 5.86. The van der Waals surface area contributed by atoms with Gasteiger partial charge in [0.2, 0.25) is 0 Å². The molecule has 3 unspecified atom stereocenters. The van der Waals surface area contributed by atoms with Crippen LogP contribution >= 0.6 is 0 Å². The lowest BCUT2D eigenvalue weighted by Crippen LogP contribution is -2.37. The van der Waals surface area contributed by atoms with Gasteiger partial charge in [-0.25, -0.2) is 0 Å². The van der Waals surface area contributed by atoms with Crippen LogP contribution in [0.3, 0.4) is 0 Å². The van der Waals surface area contributed by atoms with Crippen LogP contribution in [0.5, 0.6) is 0 Å². The van der Waals surface area contributed by atoms with E-state index in [1.54, 1.807) is 0 Å². The van der Waals surface area contributed by atoms with Crippen LogP contribution in [-0.4, -0.2) is 34.0 Å². The van der Waals surface area contributed by atoms with Crippen LogP contribution < -0.4 is 0 Å². The molecular weight excluding hydrogens is 244 g/mol. The maximum absolute atomic E-state index is 11.5. The van der Waals surface area contributed by atoms with Gasteiger partial charge in [-0.15, -0.1) is 0 Å². The molecule has 1 aliphatic heterocycles. The summed E-state index contributed by atoms with van der Waals surface area (Å²) in [6.07, 6.45) is 1.63. The Balaban J connectivity index is 1.75. The van der Waals surface area contributed by atoms with Crippen LogP contribution in [0.2, 0.25) is 0 Å². The molecule has 0 bridgehead atoms. The first-order chi connectivity index (χ1) is 8.76. The zero-order valence-corrected chi connectivity index (χ0v) is 11.3. The van der Waals surface area contributed by atoms with Crippen molar-refractivity contribution in [2.45, 2.75) is 50.9 Å². The Morgan fingerprint density at radius 1 is 1.37 bits per heavy atom. The maximum atomic E-state index is 11.5. The Bertz CT molecular complexity index is 514. The van der Waals surface area contributed by atoms with E-state index in [4.69, 9.17) is 4.74 Å². The molecule has 4 nitrogen and oxygen atoms in total. The predicted molar refractivity (Wildman–Crippen MR) is 67.4 cm³/mol. The second kappa shape index (κ2) is 2.91. The predicted octanol–water partition coefficient (Wildman–Crippen LogP) is 1.58. The summed E-state index contributed by atoms with van der Waals surface area (Å²) in [5.41, 5.74) is -0.239. The van der Waals surface area contributed by atoms with Gasteiger partial charge in [0.1, 0.15) is 17.8 Å². The summed E-state index contributed by atoms with van der Waals surface area (Å²) in [6.45, 7) is 8.08. The number of fused-ring (bicyclic) bond motifs is 2. The number of carbonyl (C=O) groups is 1. The zero-order chi connectivity index (χ0) is 13.8. The fraction of sp³-hybridized carbons (Fsp3) is 0.800. The topological polar surface area (TPSA) is 70.1 Å². The molecule has 2 N–H and O–H groups in total. The average molecular weight is 264 g/mol. The first-order valence-electron chi connectivity index (χ1n) is 7.05. The second-order valence-corrected chi connectivity index (χ2v) is 7.45. The number of rotatable bonds is 1. The van der Waals surface area contributed by atoms with Gasteiger partial charge in [-0.05, 0) is 43.6 Å². The van der Waals surface area contributed by atoms with Crippen molar-refractivity contribution in [1.82, 2.24) is 0 Å². The third kappa shape index (κ3) is 1.02. The van der Waals surface area contributed by atoms with E-state index in [1.807, 2.05) is 6.92 Å². The van der Waals surface area contributed by atoms with Crippen LogP contribution in [0.1, 0.15) is 33.1 Å². The molecule has 0 aromatic heterocycles. The third-order valence-electron chi connectivity index (χ3n) is 6.71. The zero-order valence-electron chi connectivity index (χ0n) is 11.3. The van der Waals surface area contributed by atoms with E-state index in [0.717, 1.165) is 18.4 Å². The van der Waals surface area contributed by atoms with Gasteiger partial charge in [0.15, 0.2) is 0 Å². The van der Waals surface area contributed by atoms with Gasteiger partial charge in [0.05, 0.1) is 5.41 Å². The highest BCUT2D eigenvalue weighted by Gasteiger charge is 2.83. The van der Waals surface area contributed by atoms with E-state index in [1.165, 1.54) is 0 Å². The first kappa shape index (κ1) is 11.9. The van der Waals surface area contributed by atoms with Crippen molar-refractivity contribution >= 4 is 5.97 Å². The number of aliphatic carboxylic acids is 1.